The summed E-state index contributed by atoms with van der Waals surface area (Å²) in [7, 11) is 0. The van der Waals surface area contributed by atoms with Gasteiger partial charge in [-0.3, -0.25) is 14.7 Å². The lowest BCUT2D eigenvalue weighted by Gasteiger charge is -2.34. The highest BCUT2D eigenvalue weighted by atomic mass is 16.5. The molecule has 174 valence electrons. The second-order valence-corrected chi connectivity index (χ2v) is 8.94. The zero-order valence-corrected chi connectivity index (χ0v) is 19.5. The lowest BCUT2D eigenvalue weighted by atomic mass is 10.00. The number of aryl methyl sites for hydroxylation is 1. The van der Waals surface area contributed by atoms with Crippen molar-refractivity contribution in [3.05, 3.63) is 89.9 Å². The first kappa shape index (κ1) is 21.4. The van der Waals surface area contributed by atoms with Crippen LogP contribution in [0, 0.1) is 6.92 Å². The van der Waals surface area contributed by atoms with Crippen LogP contribution in [-0.2, 0) is 6.54 Å². The SMILES string of the molecule is Cc1ccccc1-c1noc(CN2CCN(C(=O)c3cc4ccccc4c4cccnc34)CC2)n1. The summed E-state index contributed by atoms with van der Waals surface area (Å²) in [5, 5.41) is 7.34. The molecule has 1 fully saturated rings. The van der Waals surface area contributed by atoms with Gasteiger partial charge in [-0.05, 0) is 35.4 Å². The van der Waals surface area contributed by atoms with Crippen molar-refractivity contribution in [3.8, 4) is 11.4 Å². The number of amides is 1. The van der Waals surface area contributed by atoms with Crippen molar-refractivity contribution in [2.45, 2.75) is 13.5 Å². The van der Waals surface area contributed by atoms with Crippen molar-refractivity contribution in [2.75, 3.05) is 26.2 Å². The van der Waals surface area contributed by atoms with E-state index in [4.69, 9.17) is 4.52 Å². The van der Waals surface area contributed by atoms with Gasteiger partial charge in [-0.25, -0.2) is 0 Å². The molecular formula is C28H25N5O2. The predicted octanol–water partition coefficient (Wildman–Crippen LogP) is 4.70. The Morgan fingerprint density at radius 1 is 0.943 bits per heavy atom. The molecule has 1 amide bonds. The van der Waals surface area contributed by atoms with Crippen LogP contribution < -0.4 is 0 Å². The third-order valence-electron chi connectivity index (χ3n) is 6.72. The maximum Gasteiger partial charge on any atom is 0.256 e. The van der Waals surface area contributed by atoms with Gasteiger partial charge in [0, 0.05) is 43.3 Å². The summed E-state index contributed by atoms with van der Waals surface area (Å²) in [6.45, 7) is 5.37. The smallest absolute Gasteiger partial charge is 0.256 e. The fraction of sp³-hybridized carbons (Fsp3) is 0.214. The number of benzene rings is 3. The third-order valence-corrected chi connectivity index (χ3v) is 6.72. The van der Waals surface area contributed by atoms with Crippen LogP contribution >= 0.6 is 0 Å². The van der Waals surface area contributed by atoms with Crippen LogP contribution in [0.1, 0.15) is 21.8 Å². The van der Waals surface area contributed by atoms with Crippen molar-refractivity contribution in [3.63, 3.8) is 0 Å². The van der Waals surface area contributed by atoms with Gasteiger partial charge in [-0.2, -0.15) is 4.98 Å². The van der Waals surface area contributed by atoms with Crippen LogP contribution in [0.4, 0.5) is 0 Å². The molecule has 7 nitrogen and oxygen atoms in total. The van der Waals surface area contributed by atoms with Crippen molar-refractivity contribution < 1.29 is 9.32 Å². The monoisotopic (exact) mass is 463 g/mol. The van der Waals surface area contributed by atoms with Crippen LogP contribution in [0.5, 0.6) is 0 Å². The van der Waals surface area contributed by atoms with Gasteiger partial charge in [0.2, 0.25) is 11.7 Å². The molecular weight excluding hydrogens is 438 g/mol. The van der Waals surface area contributed by atoms with E-state index < -0.39 is 0 Å². The molecule has 3 aromatic carbocycles. The highest BCUT2D eigenvalue weighted by molar-refractivity contribution is 6.15. The van der Waals surface area contributed by atoms with Crippen molar-refractivity contribution >= 4 is 27.6 Å². The van der Waals surface area contributed by atoms with Crippen LogP contribution in [0.2, 0.25) is 0 Å². The summed E-state index contributed by atoms with van der Waals surface area (Å²) < 4.78 is 5.52. The number of nitrogens with zero attached hydrogens (tertiary/aromatic N) is 5. The summed E-state index contributed by atoms with van der Waals surface area (Å²) in [5.41, 5.74) is 3.51. The summed E-state index contributed by atoms with van der Waals surface area (Å²) in [5.74, 6) is 1.23. The van der Waals surface area contributed by atoms with Crippen molar-refractivity contribution in [1.82, 2.24) is 24.9 Å². The van der Waals surface area contributed by atoms with Crippen molar-refractivity contribution in [1.29, 1.82) is 0 Å². The molecule has 0 saturated carbocycles. The minimum Gasteiger partial charge on any atom is -0.338 e. The van der Waals surface area contributed by atoms with Crippen LogP contribution in [0.3, 0.4) is 0 Å². The molecule has 0 N–H and O–H groups in total. The fourth-order valence-corrected chi connectivity index (χ4v) is 4.82. The Morgan fingerprint density at radius 2 is 1.71 bits per heavy atom. The first-order valence-electron chi connectivity index (χ1n) is 11.8. The van der Waals surface area contributed by atoms with E-state index in [9.17, 15) is 4.79 Å². The molecule has 3 heterocycles. The van der Waals surface area contributed by atoms with E-state index in [1.54, 1.807) is 6.20 Å². The van der Waals surface area contributed by atoms with Gasteiger partial charge in [-0.1, -0.05) is 59.8 Å². The molecule has 0 atom stereocenters. The van der Waals surface area contributed by atoms with E-state index in [-0.39, 0.29) is 5.91 Å². The van der Waals surface area contributed by atoms with E-state index in [0.29, 0.717) is 36.9 Å². The minimum atomic E-state index is 0.0266. The highest BCUT2D eigenvalue weighted by Crippen LogP contribution is 2.28. The Labute approximate surface area is 203 Å². The third kappa shape index (κ3) is 4.04. The number of rotatable bonds is 4. The number of hydrogen-bond acceptors (Lipinski definition) is 6. The zero-order chi connectivity index (χ0) is 23.8. The number of carbonyl (C=O) groups is 1. The van der Waals surface area contributed by atoms with Gasteiger partial charge in [-0.15, -0.1) is 0 Å². The van der Waals surface area contributed by atoms with Gasteiger partial charge in [0.15, 0.2) is 0 Å². The number of aromatic nitrogens is 3. The molecule has 0 unspecified atom stereocenters. The molecule has 5 aromatic rings. The van der Waals surface area contributed by atoms with E-state index in [2.05, 4.69) is 26.1 Å². The Kier molecular flexibility index (Phi) is 5.47. The van der Waals surface area contributed by atoms with Crippen molar-refractivity contribution in [2.24, 2.45) is 0 Å². The molecule has 0 aliphatic carbocycles. The van der Waals surface area contributed by atoms with Gasteiger partial charge < -0.3 is 9.42 Å². The average Bonchev–Trinajstić information content (AvgIpc) is 3.36. The number of carbonyl (C=O) groups excluding carboxylic acids is 1. The van der Waals surface area contributed by atoms with Crippen LogP contribution in [0.25, 0.3) is 33.1 Å². The predicted molar refractivity (Wildman–Crippen MR) is 135 cm³/mol. The van der Waals surface area contributed by atoms with Crippen LogP contribution in [-0.4, -0.2) is 57.0 Å². The maximum atomic E-state index is 13.5. The normalized spacial score (nSPS) is 14.6. The van der Waals surface area contributed by atoms with E-state index >= 15 is 0 Å². The number of piperazine rings is 1. The number of pyridine rings is 1. The van der Waals surface area contributed by atoms with E-state index in [1.165, 1.54) is 0 Å². The molecule has 1 saturated heterocycles. The standard InChI is InChI=1S/C28H25N5O2/c1-19-7-2-4-9-21(19)27-30-25(35-31-27)18-32-13-15-33(16-14-32)28(34)24-17-20-8-3-5-10-22(20)23-11-6-12-29-26(23)24/h2-12,17H,13-16,18H2,1H3. The van der Waals surface area contributed by atoms with Gasteiger partial charge in [0.05, 0.1) is 17.6 Å². The fourth-order valence-electron chi connectivity index (χ4n) is 4.82. The number of hydrogen-bond donors (Lipinski definition) is 0. The summed E-state index contributed by atoms with van der Waals surface area (Å²) in [6, 6.07) is 22.1. The Hall–Kier alpha value is -4.10. The molecule has 6 rings (SSSR count). The lowest BCUT2D eigenvalue weighted by Crippen LogP contribution is -2.48. The Balaban J connectivity index is 1.17. The van der Waals surface area contributed by atoms with E-state index in [1.807, 2.05) is 72.5 Å². The lowest BCUT2D eigenvalue weighted by molar-refractivity contribution is 0.0617. The zero-order valence-electron chi connectivity index (χ0n) is 19.5. The molecule has 0 bridgehead atoms. The minimum absolute atomic E-state index is 0.0266. The molecule has 1 aliphatic rings. The second-order valence-electron chi connectivity index (χ2n) is 8.94. The molecule has 0 spiro atoms. The molecule has 2 aromatic heterocycles. The van der Waals surface area contributed by atoms with Gasteiger partial charge >= 0.3 is 0 Å². The Morgan fingerprint density at radius 3 is 2.57 bits per heavy atom. The first-order chi connectivity index (χ1) is 17.2. The maximum absolute atomic E-state index is 13.5. The Bertz CT molecular complexity index is 1540. The first-order valence-corrected chi connectivity index (χ1v) is 11.8. The summed E-state index contributed by atoms with van der Waals surface area (Å²) in [4.78, 5) is 26.9. The van der Waals surface area contributed by atoms with E-state index in [0.717, 1.165) is 45.9 Å². The average molecular weight is 464 g/mol. The summed E-state index contributed by atoms with van der Waals surface area (Å²) in [6.07, 6.45) is 1.75. The van der Waals surface area contributed by atoms with Crippen LogP contribution in [0.15, 0.2) is 77.4 Å². The van der Waals surface area contributed by atoms with Gasteiger partial charge in [0.1, 0.15) is 0 Å². The molecule has 0 radical (unpaired) electrons. The largest absolute Gasteiger partial charge is 0.338 e. The second kappa shape index (κ2) is 8.92. The molecule has 35 heavy (non-hydrogen) atoms. The molecule has 7 heteroatoms. The quantitative estimate of drug-likeness (QED) is 0.360. The summed E-state index contributed by atoms with van der Waals surface area (Å²) >= 11 is 0. The van der Waals surface area contributed by atoms with Gasteiger partial charge in [0.25, 0.3) is 5.91 Å². The highest BCUT2D eigenvalue weighted by Gasteiger charge is 2.25. The number of fused-ring (bicyclic) bond motifs is 3. The topological polar surface area (TPSA) is 75.4 Å². The molecule has 1 aliphatic heterocycles.